The fourth-order valence-corrected chi connectivity index (χ4v) is 4.83. The summed E-state index contributed by atoms with van der Waals surface area (Å²) < 4.78 is 27.9. The summed E-state index contributed by atoms with van der Waals surface area (Å²) in [6, 6.07) is 7.22. The van der Waals surface area contributed by atoms with Crippen LogP contribution < -0.4 is 10.6 Å². The van der Waals surface area contributed by atoms with Gasteiger partial charge in [-0.2, -0.15) is 4.31 Å². The van der Waals surface area contributed by atoms with Crippen molar-refractivity contribution in [1.82, 2.24) is 19.8 Å². The summed E-state index contributed by atoms with van der Waals surface area (Å²) in [5, 5.41) is 6.54. The third kappa shape index (κ3) is 8.03. The average Bonchev–Trinajstić information content (AvgIpc) is 2.68. The van der Waals surface area contributed by atoms with Crippen LogP contribution in [0, 0.1) is 5.92 Å². The highest BCUT2D eigenvalue weighted by molar-refractivity contribution is 14.0. The lowest BCUT2D eigenvalue weighted by Gasteiger charge is -2.32. The maximum absolute atomic E-state index is 13.1. The smallest absolute Gasteiger partial charge is 0.243 e. The number of nitrogens with one attached hydrogen (secondary N) is 2. The Kier molecular flexibility index (Phi) is 11.4. The normalized spacial score (nSPS) is 16.5. The minimum absolute atomic E-state index is 0. The number of sulfonamides is 1. The fourth-order valence-electron chi connectivity index (χ4n) is 3.19. The van der Waals surface area contributed by atoms with E-state index in [1.165, 1.54) is 0 Å². The van der Waals surface area contributed by atoms with Crippen molar-refractivity contribution >= 4 is 40.0 Å². The lowest BCUT2D eigenvalue weighted by atomic mass is 10.1. The molecule has 1 aromatic rings. The number of halogens is 1. The van der Waals surface area contributed by atoms with Crippen molar-refractivity contribution in [3.8, 4) is 0 Å². The molecular weight excluding hydrogens is 501 g/mol. The molecule has 166 valence electrons. The van der Waals surface area contributed by atoms with E-state index >= 15 is 0 Å². The highest BCUT2D eigenvalue weighted by atomic mass is 127. The SMILES string of the molecule is CN=C(NCCCC(C)C)NCc1ccccc1S(=O)(=O)N1CCN(C)CC1.I. The van der Waals surface area contributed by atoms with Gasteiger partial charge in [0.2, 0.25) is 10.0 Å². The summed E-state index contributed by atoms with van der Waals surface area (Å²) in [4.78, 5) is 6.76. The topological polar surface area (TPSA) is 77.0 Å². The number of hydrogen-bond donors (Lipinski definition) is 2. The molecule has 7 nitrogen and oxygen atoms in total. The molecule has 0 aliphatic carbocycles. The number of piperazine rings is 1. The molecule has 0 spiro atoms. The first-order chi connectivity index (χ1) is 13.3. The third-order valence-corrected chi connectivity index (χ3v) is 6.97. The van der Waals surface area contributed by atoms with E-state index in [4.69, 9.17) is 0 Å². The van der Waals surface area contributed by atoms with Crippen LogP contribution >= 0.6 is 24.0 Å². The number of nitrogens with zero attached hydrogens (tertiary/aromatic N) is 3. The average molecular weight is 538 g/mol. The predicted molar refractivity (Wildman–Crippen MR) is 130 cm³/mol. The summed E-state index contributed by atoms with van der Waals surface area (Å²) in [6.07, 6.45) is 2.24. The van der Waals surface area contributed by atoms with E-state index in [9.17, 15) is 8.42 Å². The first-order valence-corrected chi connectivity index (χ1v) is 11.5. The molecule has 1 heterocycles. The molecule has 2 N–H and O–H groups in total. The Bertz CT molecular complexity index is 747. The van der Waals surface area contributed by atoms with Crippen LogP contribution in [-0.2, 0) is 16.6 Å². The standard InChI is InChI=1S/C20H35N5O2S.HI/c1-17(2)8-7-11-22-20(21-3)23-16-18-9-5-6-10-19(18)28(26,27)25-14-12-24(4)13-15-25;/h5-6,9-10,17H,7-8,11-16H2,1-4H3,(H2,21,22,23);1H. The van der Waals surface area contributed by atoms with Crippen LogP contribution in [0.2, 0.25) is 0 Å². The molecule has 0 unspecified atom stereocenters. The largest absolute Gasteiger partial charge is 0.356 e. The molecule has 1 aliphatic rings. The van der Waals surface area contributed by atoms with Crippen LogP contribution in [0.5, 0.6) is 0 Å². The van der Waals surface area contributed by atoms with Crippen LogP contribution in [0.15, 0.2) is 34.2 Å². The zero-order valence-electron chi connectivity index (χ0n) is 18.0. The Morgan fingerprint density at radius 3 is 2.41 bits per heavy atom. The molecule has 0 aromatic heterocycles. The second kappa shape index (κ2) is 12.7. The zero-order valence-corrected chi connectivity index (χ0v) is 21.2. The maximum atomic E-state index is 13.1. The molecule has 0 radical (unpaired) electrons. The van der Waals surface area contributed by atoms with Crippen molar-refractivity contribution in [1.29, 1.82) is 0 Å². The van der Waals surface area contributed by atoms with Gasteiger partial charge in [-0.15, -0.1) is 24.0 Å². The third-order valence-electron chi connectivity index (χ3n) is 4.97. The molecule has 0 atom stereocenters. The minimum Gasteiger partial charge on any atom is -0.356 e. The molecule has 0 saturated carbocycles. The number of benzene rings is 1. The van der Waals surface area contributed by atoms with Gasteiger partial charge in [-0.3, -0.25) is 4.99 Å². The van der Waals surface area contributed by atoms with Crippen molar-refractivity contribution in [2.24, 2.45) is 10.9 Å². The van der Waals surface area contributed by atoms with Crippen LogP contribution in [-0.4, -0.2) is 70.4 Å². The van der Waals surface area contributed by atoms with Crippen molar-refractivity contribution in [3.63, 3.8) is 0 Å². The second-order valence-electron chi connectivity index (χ2n) is 7.70. The van der Waals surface area contributed by atoms with Gasteiger partial charge in [0, 0.05) is 46.3 Å². The first kappa shape index (κ1) is 26.1. The van der Waals surface area contributed by atoms with Crippen molar-refractivity contribution < 1.29 is 8.42 Å². The maximum Gasteiger partial charge on any atom is 0.243 e. The van der Waals surface area contributed by atoms with E-state index in [0.717, 1.165) is 38.0 Å². The summed E-state index contributed by atoms with van der Waals surface area (Å²) in [7, 11) is 0.248. The Morgan fingerprint density at radius 2 is 1.79 bits per heavy atom. The van der Waals surface area contributed by atoms with Crippen molar-refractivity contribution in [3.05, 3.63) is 29.8 Å². The molecule has 29 heavy (non-hydrogen) atoms. The van der Waals surface area contributed by atoms with Crippen LogP contribution in [0.3, 0.4) is 0 Å². The molecule has 0 amide bonds. The zero-order chi connectivity index (χ0) is 20.6. The van der Waals surface area contributed by atoms with E-state index in [1.54, 1.807) is 23.5 Å². The fraction of sp³-hybridized carbons (Fsp3) is 0.650. The summed E-state index contributed by atoms with van der Waals surface area (Å²) in [6.45, 7) is 8.25. The molecule has 0 bridgehead atoms. The summed E-state index contributed by atoms with van der Waals surface area (Å²) in [5.41, 5.74) is 0.756. The number of likely N-dealkylation sites (N-methyl/N-ethyl adjacent to an activating group) is 1. The van der Waals surface area contributed by atoms with Gasteiger partial charge in [0.25, 0.3) is 0 Å². The molecule has 1 aromatic carbocycles. The first-order valence-electron chi connectivity index (χ1n) is 10.1. The lowest BCUT2D eigenvalue weighted by molar-refractivity contribution is 0.222. The van der Waals surface area contributed by atoms with Crippen molar-refractivity contribution in [2.75, 3.05) is 46.8 Å². The molecule has 1 fully saturated rings. The lowest BCUT2D eigenvalue weighted by Crippen LogP contribution is -2.47. The Hall–Kier alpha value is -0.910. The van der Waals surface area contributed by atoms with Gasteiger partial charge in [0.1, 0.15) is 0 Å². The minimum atomic E-state index is -3.49. The van der Waals surface area contributed by atoms with E-state index in [2.05, 4.69) is 34.4 Å². The van der Waals surface area contributed by atoms with E-state index in [0.29, 0.717) is 36.4 Å². The van der Waals surface area contributed by atoms with Crippen LogP contribution in [0.4, 0.5) is 0 Å². The molecule has 1 aliphatic heterocycles. The predicted octanol–water partition coefficient (Wildman–Crippen LogP) is 2.34. The number of rotatable bonds is 8. The quantitative estimate of drug-likeness (QED) is 0.231. The number of guanidine groups is 1. The van der Waals surface area contributed by atoms with Gasteiger partial charge in [-0.05, 0) is 37.4 Å². The Balaban J connectivity index is 0.00000420. The van der Waals surface area contributed by atoms with Gasteiger partial charge in [0.05, 0.1) is 4.90 Å². The van der Waals surface area contributed by atoms with E-state index in [1.807, 2.05) is 19.2 Å². The molecule has 9 heteroatoms. The van der Waals surface area contributed by atoms with Gasteiger partial charge in [-0.25, -0.2) is 8.42 Å². The monoisotopic (exact) mass is 537 g/mol. The second-order valence-corrected chi connectivity index (χ2v) is 9.61. The van der Waals surface area contributed by atoms with Crippen LogP contribution in [0.1, 0.15) is 32.3 Å². The highest BCUT2D eigenvalue weighted by Crippen LogP contribution is 2.21. The Labute approximate surface area is 193 Å². The molecule has 2 rings (SSSR count). The van der Waals surface area contributed by atoms with Gasteiger partial charge < -0.3 is 15.5 Å². The number of hydrogen-bond acceptors (Lipinski definition) is 4. The van der Waals surface area contributed by atoms with Gasteiger partial charge in [-0.1, -0.05) is 32.0 Å². The summed E-state index contributed by atoms with van der Waals surface area (Å²) in [5.74, 6) is 1.37. The summed E-state index contributed by atoms with van der Waals surface area (Å²) >= 11 is 0. The van der Waals surface area contributed by atoms with E-state index in [-0.39, 0.29) is 24.0 Å². The van der Waals surface area contributed by atoms with Gasteiger partial charge in [0.15, 0.2) is 5.96 Å². The van der Waals surface area contributed by atoms with Crippen molar-refractivity contribution in [2.45, 2.75) is 38.1 Å². The van der Waals surface area contributed by atoms with Gasteiger partial charge >= 0.3 is 0 Å². The highest BCUT2D eigenvalue weighted by Gasteiger charge is 2.29. The number of aliphatic imine (C=N–C) groups is 1. The van der Waals surface area contributed by atoms with E-state index < -0.39 is 10.0 Å². The molecule has 1 saturated heterocycles. The Morgan fingerprint density at radius 1 is 1.14 bits per heavy atom. The molecular formula is C20H36IN5O2S. The van der Waals surface area contributed by atoms with Crippen LogP contribution in [0.25, 0.3) is 0 Å².